The molecular formula is C18H20O. The molecule has 19 heavy (non-hydrogen) atoms. The Labute approximate surface area is 114 Å². The monoisotopic (exact) mass is 252 g/mol. The highest BCUT2D eigenvalue weighted by atomic mass is 16.1. The molecule has 0 aliphatic heterocycles. The van der Waals surface area contributed by atoms with Crippen molar-refractivity contribution in [1.82, 2.24) is 0 Å². The summed E-state index contributed by atoms with van der Waals surface area (Å²) in [6.07, 6.45) is 6.69. The van der Waals surface area contributed by atoms with Crippen LogP contribution in [0.25, 0.3) is 0 Å². The van der Waals surface area contributed by atoms with Gasteiger partial charge in [0, 0.05) is 11.8 Å². The molecule has 1 nitrogen and oxygen atoms in total. The second-order valence-electron chi connectivity index (χ2n) is 6.63. The Balaban J connectivity index is 1.76. The summed E-state index contributed by atoms with van der Waals surface area (Å²) in [6, 6.07) is 10.8. The van der Waals surface area contributed by atoms with E-state index < -0.39 is 0 Å². The van der Waals surface area contributed by atoms with Crippen LogP contribution in [0, 0.1) is 29.6 Å². The van der Waals surface area contributed by atoms with Gasteiger partial charge in [-0.25, -0.2) is 0 Å². The molecule has 0 spiro atoms. The van der Waals surface area contributed by atoms with E-state index in [0.717, 1.165) is 12.8 Å². The summed E-state index contributed by atoms with van der Waals surface area (Å²) < 4.78 is 0. The molecule has 3 aliphatic rings. The van der Waals surface area contributed by atoms with Crippen molar-refractivity contribution in [2.45, 2.75) is 25.7 Å². The topological polar surface area (TPSA) is 17.1 Å². The number of fused-ring (bicyclic) bond motifs is 4. The largest absolute Gasteiger partial charge is 0.299 e. The van der Waals surface area contributed by atoms with Gasteiger partial charge in [-0.15, -0.1) is 0 Å². The lowest BCUT2D eigenvalue weighted by Gasteiger charge is -2.35. The van der Waals surface area contributed by atoms with E-state index in [2.05, 4.69) is 49.4 Å². The quantitative estimate of drug-likeness (QED) is 0.694. The van der Waals surface area contributed by atoms with E-state index in [1.807, 2.05) is 0 Å². The van der Waals surface area contributed by atoms with E-state index in [4.69, 9.17) is 0 Å². The maximum atomic E-state index is 12.5. The van der Waals surface area contributed by atoms with Gasteiger partial charge in [0.15, 0.2) is 0 Å². The molecule has 3 aliphatic carbocycles. The summed E-state index contributed by atoms with van der Waals surface area (Å²) >= 11 is 0. The smallest absolute Gasteiger partial charge is 0.143 e. The first-order chi connectivity index (χ1) is 9.25. The van der Waals surface area contributed by atoms with Crippen LogP contribution in [0.2, 0.25) is 0 Å². The predicted molar refractivity (Wildman–Crippen MR) is 75.7 cm³/mol. The number of benzene rings is 1. The van der Waals surface area contributed by atoms with Crippen LogP contribution in [0.15, 0.2) is 42.5 Å². The number of allylic oxidation sites excluding steroid dienone is 2. The third kappa shape index (κ3) is 1.57. The van der Waals surface area contributed by atoms with Gasteiger partial charge in [0.25, 0.3) is 0 Å². The summed E-state index contributed by atoms with van der Waals surface area (Å²) in [5.41, 5.74) is 1.44. The van der Waals surface area contributed by atoms with E-state index in [9.17, 15) is 4.79 Å². The lowest BCUT2D eigenvalue weighted by atomic mass is 9.68. The number of hydrogen-bond acceptors (Lipinski definition) is 1. The number of hydrogen-bond donors (Lipinski definition) is 0. The molecule has 0 aromatic heterocycles. The Hall–Kier alpha value is -1.37. The molecule has 0 heterocycles. The molecule has 6 atom stereocenters. The van der Waals surface area contributed by atoms with Gasteiger partial charge in [-0.3, -0.25) is 4.79 Å². The number of carbonyl (C=O) groups is 1. The molecule has 0 amide bonds. The maximum Gasteiger partial charge on any atom is 0.143 e. The van der Waals surface area contributed by atoms with Crippen LogP contribution < -0.4 is 0 Å². The predicted octanol–water partition coefficient (Wildman–Crippen LogP) is 3.82. The summed E-state index contributed by atoms with van der Waals surface area (Å²) in [5, 5.41) is 0. The van der Waals surface area contributed by atoms with Crippen molar-refractivity contribution in [2.24, 2.45) is 29.6 Å². The van der Waals surface area contributed by atoms with Crippen molar-refractivity contribution < 1.29 is 4.79 Å². The lowest BCUT2D eigenvalue weighted by molar-refractivity contribution is -0.129. The standard InChI is InChI=1S/C18H20O/c1-11-9-15-17(13-7-8-14(10-13)18(15)19)16(11)12-5-3-2-4-6-12/h2-8,11,13-17H,9-10H2,1H3/t11-,13-,14+,15-,16+,17-/m1/s1. The van der Waals surface area contributed by atoms with E-state index in [1.54, 1.807) is 0 Å². The third-order valence-electron chi connectivity index (χ3n) is 5.64. The van der Waals surface area contributed by atoms with Gasteiger partial charge in [-0.05, 0) is 42.1 Å². The molecule has 1 aromatic carbocycles. The number of carbonyl (C=O) groups excluding carboxylic acids is 1. The lowest BCUT2D eigenvalue weighted by Crippen LogP contribution is -2.35. The van der Waals surface area contributed by atoms with E-state index >= 15 is 0 Å². The number of ketones is 1. The van der Waals surface area contributed by atoms with Gasteiger partial charge in [0.2, 0.25) is 0 Å². The minimum atomic E-state index is 0.243. The van der Waals surface area contributed by atoms with Crippen LogP contribution in [-0.4, -0.2) is 5.78 Å². The fourth-order valence-electron chi connectivity index (χ4n) is 4.93. The van der Waals surface area contributed by atoms with E-state index in [1.165, 1.54) is 5.56 Å². The van der Waals surface area contributed by atoms with Crippen LogP contribution in [0.4, 0.5) is 0 Å². The molecule has 98 valence electrons. The molecule has 2 bridgehead atoms. The first-order valence-corrected chi connectivity index (χ1v) is 7.52. The average Bonchev–Trinajstić information content (AvgIpc) is 3.00. The Morgan fingerprint density at radius 2 is 1.84 bits per heavy atom. The first-order valence-electron chi connectivity index (χ1n) is 7.52. The molecule has 1 aromatic rings. The SMILES string of the molecule is C[C@@H]1C[C@H]2C(=O)[C@H]3C=C[C@H](C3)[C@H]2[C@@H]1c1ccccc1. The molecule has 0 N–H and O–H groups in total. The van der Waals surface area contributed by atoms with E-state index in [0.29, 0.717) is 35.4 Å². The Morgan fingerprint density at radius 3 is 2.63 bits per heavy atom. The highest BCUT2D eigenvalue weighted by molar-refractivity contribution is 5.87. The van der Waals surface area contributed by atoms with Gasteiger partial charge in [-0.1, -0.05) is 49.4 Å². The minimum Gasteiger partial charge on any atom is -0.299 e. The van der Waals surface area contributed by atoms with Gasteiger partial charge < -0.3 is 0 Å². The Bertz CT molecular complexity index is 530. The molecule has 2 saturated carbocycles. The van der Waals surface area contributed by atoms with E-state index in [-0.39, 0.29) is 5.92 Å². The van der Waals surface area contributed by atoms with Gasteiger partial charge >= 0.3 is 0 Å². The Kier molecular flexibility index (Phi) is 2.45. The van der Waals surface area contributed by atoms with Crippen LogP contribution in [0.5, 0.6) is 0 Å². The zero-order valence-electron chi connectivity index (χ0n) is 11.3. The first kappa shape index (κ1) is 11.5. The van der Waals surface area contributed by atoms with Crippen LogP contribution >= 0.6 is 0 Å². The molecule has 4 rings (SSSR count). The van der Waals surface area contributed by atoms with Crippen molar-refractivity contribution in [3.05, 3.63) is 48.0 Å². The number of Topliss-reactive ketones (excluding diaryl/α,β-unsaturated/α-hetero) is 1. The van der Waals surface area contributed by atoms with Crippen LogP contribution in [0.3, 0.4) is 0 Å². The molecule has 0 unspecified atom stereocenters. The van der Waals surface area contributed by atoms with Gasteiger partial charge in [-0.2, -0.15) is 0 Å². The van der Waals surface area contributed by atoms with Gasteiger partial charge in [0.1, 0.15) is 5.78 Å². The maximum absolute atomic E-state index is 12.5. The van der Waals surface area contributed by atoms with Crippen molar-refractivity contribution in [2.75, 3.05) is 0 Å². The second-order valence-corrected chi connectivity index (χ2v) is 6.63. The number of rotatable bonds is 1. The molecule has 0 radical (unpaired) electrons. The highest BCUT2D eigenvalue weighted by Gasteiger charge is 2.53. The summed E-state index contributed by atoms with van der Waals surface area (Å²) in [7, 11) is 0. The summed E-state index contributed by atoms with van der Waals surface area (Å²) in [5.74, 6) is 3.49. The zero-order valence-corrected chi connectivity index (χ0v) is 11.3. The van der Waals surface area contributed by atoms with Crippen molar-refractivity contribution >= 4 is 5.78 Å². The van der Waals surface area contributed by atoms with Crippen LogP contribution in [-0.2, 0) is 4.79 Å². The molecule has 0 saturated heterocycles. The fraction of sp³-hybridized carbons (Fsp3) is 0.500. The summed E-state index contributed by atoms with van der Waals surface area (Å²) in [6.45, 7) is 2.33. The molecular weight excluding hydrogens is 232 g/mol. The normalized spacial score (nSPS) is 43.5. The minimum absolute atomic E-state index is 0.243. The molecule has 1 heteroatoms. The van der Waals surface area contributed by atoms with Crippen molar-refractivity contribution in [3.63, 3.8) is 0 Å². The highest BCUT2D eigenvalue weighted by Crippen LogP contribution is 2.57. The fourth-order valence-corrected chi connectivity index (χ4v) is 4.93. The van der Waals surface area contributed by atoms with Gasteiger partial charge in [0.05, 0.1) is 0 Å². The van der Waals surface area contributed by atoms with Crippen molar-refractivity contribution in [1.29, 1.82) is 0 Å². The summed E-state index contributed by atoms with van der Waals surface area (Å²) in [4.78, 5) is 12.5. The van der Waals surface area contributed by atoms with Crippen molar-refractivity contribution in [3.8, 4) is 0 Å². The average molecular weight is 252 g/mol. The second kappa shape index (κ2) is 4.06. The zero-order chi connectivity index (χ0) is 13.0. The molecule has 2 fully saturated rings. The Morgan fingerprint density at radius 1 is 1.05 bits per heavy atom. The third-order valence-corrected chi connectivity index (χ3v) is 5.64. The van der Waals surface area contributed by atoms with Crippen LogP contribution in [0.1, 0.15) is 31.2 Å².